The van der Waals surface area contributed by atoms with Gasteiger partial charge in [0.2, 0.25) is 11.8 Å². The van der Waals surface area contributed by atoms with Crippen molar-refractivity contribution in [2.24, 2.45) is 16.1 Å². The number of methoxy groups -OCH3 is 1. The first-order valence-corrected chi connectivity index (χ1v) is 7.23. The number of nitrogens with zero attached hydrogens (tertiary/aromatic N) is 2. The molecule has 2 rings (SSSR count). The molecular formula is C16H21N3O2. The topological polar surface area (TPSA) is 63.1 Å². The fourth-order valence-electron chi connectivity index (χ4n) is 2.59. The maximum atomic E-state index is 12.2. The molecule has 0 radical (unpaired) electrons. The second-order valence-electron chi connectivity index (χ2n) is 5.15. The lowest BCUT2D eigenvalue weighted by molar-refractivity contribution is -0.120. The Balaban J connectivity index is 2.00. The number of anilines is 1. The predicted octanol–water partition coefficient (Wildman–Crippen LogP) is 3.21. The average Bonchev–Trinajstić information content (AvgIpc) is 2.54. The zero-order valence-electron chi connectivity index (χ0n) is 12.3. The summed E-state index contributed by atoms with van der Waals surface area (Å²) in [4.78, 5) is 12.2. The van der Waals surface area contributed by atoms with E-state index in [1.54, 1.807) is 0 Å². The maximum absolute atomic E-state index is 12.2. The Morgan fingerprint density at radius 2 is 1.90 bits per heavy atom. The Kier molecular flexibility index (Phi) is 5.49. The molecule has 1 amide bonds. The molecule has 0 atom stereocenters. The van der Waals surface area contributed by atoms with Crippen LogP contribution in [0, 0.1) is 5.92 Å². The van der Waals surface area contributed by atoms with Crippen molar-refractivity contribution >= 4 is 24.2 Å². The molecule has 1 aliphatic rings. The lowest BCUT2D eigenvalue weighted by atomic mass is 9.88. The number of amides is 1. The van der Waals surface area contributed by atoms with Gasteiger partial charge < -0.3 is 10.1 Å². The molecule has 112 valence electrons. The molecule has 0 heterocycles. The summed E-state index contributed by atoms with van der Waals surface area (Å²) in [6.07, 6.45) is 5.54. The van der Waals surface area contributed by atoms with Crippen LogP contribution in [-0.2, 0) is 9.53 Å². The third-order valence-electron chi connectivity index (χ3n) is 3.73. The lowest BCUT2D eigenvalue weighted by Crippen LogP contribution is -2.24. The molecule has 1 aromatic rings. The molecule has 1 aromatic carbocycles. The molecule has 5 heteroatoms. The summed E-state index contributed by atoms with van der Waals surface area (Å²) in [6.45, 7) is 3.31. The second-order valence-corrected chi connectivity index (χ2v) is 5.15. The summed E-state index contributed by atoms with van der Waals surface area (Å²) in [6, 6.07) is 7.36. The number of carbonyl (C=O) groups excluding carboxylic acids is 1. The van der Waals surface area contributed by atoms with Gasteiger partial charge in [0.25, 0.3) is 0 Å². The van der Waals surface area contributed by atoms with E-state index in [9.17, 15) is 4.79 Å². The van der Waals surface area contributed by atoms with E-state index in [2.05, 4.69) is 22.2 Å². The first-order valence-electron chi connectivity index (χ1n) is 7.23. The zero-order chi connectivity index (χ0) is 15.1. The van der Waals surface area contributed by atoms with Gasteiger partial charge in [-0.15, -0.1) is 5.10 Å². The number of hydrogen-bond donors (Lipinski definition) is 1. The highest BCUT2D eigenvalue weighted by atomic mass is 16.5. The standard InChI is InChI=1S/C16H21N3O2/c1-17-19-16(21-2)13-8-10-14(11-9-13)18-15(20)12-6-4-3-5-7-12/h8-12H,1,3-7H2,2H3,(H,18,20)/b19-16-. The highest BCUT2D eigenvalue weighted by Crippen LogP contribution is 2.25. The smallest absolute Gasteiger partial charge is 0.240 e. The number of ether oxygens (including phenoxy) is 1. The molecule has 0 saturated heterocycles. The van der Waals surface area contributed by atoms with Crippen LogP contribution in [0.2, 0.25) is 0 Å². The van der Waals surface area contributed by atoms with Crippen LogP contribution in [0.4, 0.5) is 5.69 Å². The first-order chi connectivity index (χ1) is 10.2. The Labute approximate surface area is 125 Å². The second kappa shape index (κ2) is 7.57. The van der Waals surface area contributed by atoms with Gasteiger partial charge in [0, 0.05) is 23.9 Å². The first kappa shape index (κ1) is 15.2. The highest BCUT2D eigenvalue weighted by Gasteiger charge is 2.20. The minimum atomic E-state index is 0.121. The highest BCUT2D eigenvalue weighted by molar-refractivity contribution is 5.96. The van der Waals surface area contributed by atoms with Crippen LogP contribution in [0.15, 0.2) is 34.5 Å². The maximum Gasteiger partial charge on any atom is 0.240 e. The molecule has 1 saturated carbocycles. The SMILES string of the molecule is C=N/N=C(\OC)c1ccc(NC(=O)C2CCCCC2)cc1. The van der Waals surface area contributed by atoms with Crippen molar-refractivity contribution in [3.63, 3.8) is 0 Å². The fourth-order valence-corrected chi connectivity index (χ4v) is 2.59. The summed E-state index contributed by atoms with van der Waals surface area (Å²) in [5.74, 6) is 0.672. The van der Waals surface area contributed by atoms with Crippen LogP contribution in [0.5, 0.6) is 0 Å². The summed E-state index contributed by atoms with van der Waals surface area (Å²) >= 11 is 0. The van der Waals surface area contributed by atoms with E-state index in [-0.39, 0.29) is 11.8 Å². The van der Waals surface area contributed by atoms with Crippen molar-refractivity contribution in [1.82, 2.24) is 0 Å². The van der Waals surface area contributed by atoms with Crippen molar-refractivity contribution in [3.8, 4) is 0 Å². The number of benzene rings is 1. The summed E-state index contributed by atoms with van der Waals surface area (Å²) in [5, 5.41) is 10.2. The molecule has 0 aromatic heterocycles. The van der Waals surface area contributed by atoms with Crippen molar-refractivity contribution < 1.29 is 9.53 Å². The molecule has 0 unspecified atom stereocenters. The van der Waals surface area contributed by atoms with E-state index in [0.29, 0.717) is 5.90 Å². The van der Waals surface area contributed by atoms with Gasteiger partial charge in [-0.2, -0.15) is 5.10 Å². The number of nitrogens with one attached hydrogen (secondary N) is 1. The Morgan fingerprint density at radius 3 is 2.48 bits per heavy atom. The molecule has 0 aliphatic heterocycles. The van der Waals surface area contributed by atoms with E-state index in [4.69, 9.17) is 4.74 Å². The fraction of sp³-hybridized carbons (Fsp3) is 0.438. The van der Waals surface area contributed by atoms with Crippen molar-refractivity contribution in [1.29, 1.82) is 0 Å². The molecule has 5 nitrogen and oxygen atoms in total. The van der Waals surface area contributed by atoms with Crippen molar-refractivity contribution in [3.05, 3.63) is 29.8 Å². The molecule has 0 bridgehead atoms. The van der Waals surface area contributed by atoms with Gasteiger partial charge in [-0.05, 0) is 37.1 Å². The van der Waals surface area contributed by atoms with Gasteiger partial charge in [-0.25, -0.2) is 0 Å². The normalized spacial score (nSPS) is 16.3. The minimum absolute atomic E-state index is 0.121. The van der Waals surface area contributed by atoms with Crippen LogP contribution < -0.4 is 5.32 Å². The molecule has 0 spiro atoms. The quantitative estimate of drug-likeness (QED) is 0.525. The lowest BCUT2D eigenvalue weighted by Gasteiger charge is -2.20. The predicted molar refractivity (Wildman–Crippen MR) is 84.7 cm³/mol. The van der Waals surface area contributed by atoms with E-state index < -0.39 is 0 Å². The van der Waals surface area contributed by atoms with E-state index >= 15 is 0 Å². The summed E-state index contributed by atoms with van der Waals surface area (Å²) in [7, 11) is 1.53. The summed E-state index contributed by atoms with van der Waals surface area (Å²) in [5.41, 5.74) is 1.58. The van der Waals surface area contributed by atoms with Gasteiger partial charge in [0.15, 0.2) is 0 Å². The van der Waals surface area contributed by atoms with Gasteiger partial charge >= 0.3 is 0 Å². The van der Waals surface area contributed by atoms with Crippen LogP contribution in [0.1, 0.15) is 37.7 Å². The Morgan fingerprint density at radius 1 is 1.24 bits per heavy atom. The largest absolute Gasteiger partial charge is 0.479 e. The number of hydrogen-bond acceptors (Lipinski definition) is 4. The zero-order valence-corrected chi connectivity index (χ0v) is 12.3. The number of rotatable bonds is 4. The van der Waals surface area contributed by atoms with Crippen LogP contribution in [-0.4, -0.2) is 25.6 Å². The molecular weight excluding hydrogens is 266 g/mol. The van der Waals surface area contributed by atoms with E-state index in [1.165, 1.54) is 13.5 Å². The van der Waals surface area contributed by atoms with Crippen LogP contribution in [0.25, 0.3) is 0 Å². The van der Waals surface area contributed by atoms with Crippen LogP contribution in [0.3, 0.4) is 0 Å². The van der Waals surface area contributed by atoms with Gasteiger partial charge in [0.05, 0.1) is 7.11 Å². The summed E-state index contributed by atoms with van der Waals surface area (Å²) < 4.78 is 5.12. The van der Waals surface area contributed by atoms with Crippen LogP contribution >= 0.6 is 0 Å². The molecule has 21 heavy (non-hydrogen) atoms. The third-order valence-corrected chi connectivity index (χ3v) is 3.73. The van der Waals surface area contributed by atoms with Gasteiger partial charge in [-0.3, -0.25) is 4.79 Å². The minimum Gasteiger partial charge on any atom is -0.479 e. The van der Waals surface area contributed by atoms with Crippen molar-refractivity contribution in [2.75, 3.05) is 12.4 Å². The number of carbonyl (C=O) groups is 1. The Bertz CT molecular complexity index is 517. The van der Waals surface area contributed by atoms with Gasteiger partial charge in [-0.1, -0.05) is 19.3 Å². The monoisotopic (exact) mass is 287 g/mol. The molecule has 1 aliphatic carbocycles. The van der Waals surface area contributed by atoms with E-state index in [0.717, 1.165) is 36.9 Å². The van der Waals surface area contributed by atoms with E-state index in [1.807, 2.05) is 24.3 Å². The molecule has 1 N–H and O–H groups in total. The Hall–Kier alpha value is -2.17. The average molecular weight is 287 g/mol. The van der Waals surface area contributed by atoms with Gasteiger partial charge in [0.1, 0.15) is 0 Å². The molecule has 1 fully saturated rings. The van der Waals surface area contributed by atoms with Crippen molar-refractivity contribution in [2.45, 2.75) is 32.1 Å². The third kappa shape index (κ3) is 4.15.